The maximum atomic E-state index is 12.9. The lowest BCUT2D eigenvalue weighted by molar-refractivity contribution is -0.242. The van der Waals surface area contributed by atoms with Gasteiger partial charge in [-0.05, 0) is 30.3 Å². The number of hydrogen-bond acceptors (Lipinski definition) is 9. The van der Waals surface area contributed by atoms with E-state index >= 15 is 0 Å². The molecule has 0 spiro atoms. The number of aldehydes is 1. The van der Waals surface area contributed by atoms with Crippen molar-refractivity contribution in [1.29, 1.82) is 0 Å². The van der Waals surface area contributed by atoms with Crippen LogP contribution in [0.5, 0.6) is 11.5 Å². The monoisotopic (exact) mass is 451 g/mol. The number of methoxy groups -OCH3 is 2. The van der Waals surface area contributed by atoms with Crippen LogP contribution in [0.3, 0.4) is 0 Å². The second-order valence-corrected chi connectivity index (χ2v) is 8.06. The fourth-order valence-electron chi connectivity index (χ4n) is 4.10. The van der Waals surface area contributed by atoms with Crippen LogP contribution in [0.15, 0.2) is 12.1 Å². The van der Waals surface area contributed by atoms with Crippen LogP contribution in [0.2, 0.25) is 0 Å². The SMILES string of the molecule is CNCc1cc2c(cc1CC(=O)C[C@H](CC=O)OC1CC(OC)C[C@@H](COC)O1)OCO2. The van der Waals surface area contributed by atoms with Crippen molar-refractivity contribution in [1.82, 2.24) is 5.32 Å². The summed E-state index contributed by atoms with van der Waals surface area (Å²) in [7, 11) is 5.11. The standard InChI is InChI=1S/C23H33NO8/c1-24-12-16-8-22-21(29-14-30-22)7-15(16)6-17(26)9-18(4-5-25)31-23-11-19(28-3)10-20(32-23)13-27-2/h5,7-8,18-20,23-24H,4,6,9-14H2,1-3H3/t18-,19?,20-,23?/m0/s1. The molecule has 0 bridgehead atoms. The van der Waals surface area contributed by atoms with Gasteiger partial charge in [0.1, 0.15) is 12.1 Å². The minimum absolute atomic E-state index is 0.0272. The first-order valence-corrected chi connectivity index (χ1v) is 10.9. The predicted octanol–water partition coefficient (Wildman–Crippen LogP) is 1.78. The first-order chi connectivity index (χ1) is 15.6. The average Bonchev–Trinajstić information content (AvgIpc) is 3.21. The Balaban J connectivity index is 1.63. The number of nitrogens with one attached hydrogen (secondary N) is 1. The summed E-state index contributed by atoms with van der Waals surface area (Å²) in [6.45, 7) is 1.20. The number of rotatable bonds is 13. The van der Waals surface area contributed by atoms with E-state index in [1.54, 1.807) is 14.2 Å². The Morgan fingerprint density at radius 1 is 1.22 bits per heavy atom. The largest absolute Gasteiger partial charge is 0.454 e. The van der Waals surface area contributed by atoms with Crippen molar-refractivity contribution in [3.05, 3.63) is 23.3 Å². The van der Waals surface area contributed by atoms with Crippen molar-refractivity contribution >= 4 is 12.1 Å². The van der Waals surface area contributed by atoms with E-state index in [9.17, 15) is 9.59 Å². The first-order valence-electron chi connectivity index (χ1n) is 10.9. The van der Waals surface area contributed by atoms with E-state index in [0.29, 0.717) is 37.5 Å². The highest BCUT2D eigenvalue weighted by Gasteiger charge is 2.32. The summed E-state index contributed by atoms with van der Waals surface area (Å²) >= 11 is 0. The number of carbonyl (C=O) groups excluding carboxylic acids is 2. The van der Waals surface area contributed by atoms with Crippen molar-refractivity contribution in [3.8, 4) is 11.5 Å². The molecule has 178 valence electrons. The molecular weight excluding hydrogens is 418 g/mol. The number of benzene rings is 1. The zero-order chi connectivity index (χ0) is 22.9. The van der Waals surface area contributed by atoms with Gasteiger partial charge in [-0.25, -0.2) is 0 Å². The molecule has 1 saturated heterocycles. The van der Waals surface area contributed by atoms with E-state index in [-0.39, 0.29) is 44.0 Å². The minimum Gasteiger partial charge on any atom is -0.454 e. The molecule has 0 amide bonds. The molecule has 1 aromatic carbocycles. The lowest BCUT2D eigenvalue weighted by atomic mass is 9.98. The molecule has 0 aromatic heterocycles. The van der Waals surface area contributed by atoms with Crippen LogP contribution in [0, 0.1) is 0 Å². The van der Waals surface area contributed by atoms with Gasteiger partial charge in [0.05, 0.1) is 24.9 Å². The molecule has 2 heterocycles. The van der Waals surface area contributed by atoms with Crippen LogP contribution in [0.25, 0.3) is 0 Å². The number of ketones is 1. The highest BCUT2D eigenvalue weighted by molar-refractivity contribution is 5.82. The summed E-state index contributed by atoms with van der Waals surface area (Å²) < 4.78 is 33.6. The van der Waals surface area contributed by atoms with Crippen molar-refractivity contribution < 1.29 is 38.0 Å². The predicted molar refractivity (Wildman–Crippen MR) is 115 cm³/mol. The Morgan fingerprint density at radius 3 is 2.62 bits per heavy atom. The van der Waals surface area contributed by atoms with E-state index in [2.05, 4.69) is 5.32 Å². The normalized spacial score (nSPS) is 23.2. The molecule has 2 aliphatic heterocycles. The van der Waals surface area contributed by atoms with Crippen LogP contribution >= 0.6 is 0 Å². The smallest absolute Gasteiger partial charge is 0.231 e. The van der Waals surface area contributed by atoms with E-state index < -0.39 is 12.4 Å². The number of carbonyl (C=O) groups is 2. The first kappa shape index (κ1) is 24.6. The molecule has 3 rings (SSSR count). The molecule has 1 aromatic rings. The van der Waals surface area contributed by atoms with Gasteiger partial charge in [-0.2, -0.15) is 0 Å². The van der Waals surface area contributed by atoms with E-state index in [4.69, 9.17) is 28.4 Å². The van der Waals surface area contributed by atoms with Gasteiger partial charge < -0.3 is 38.5 Å². The zero-order valence-corrected chi connectivity index (χ0v) is 19.0. The van der Waals surface area contributed by atoms with Crippen molar-refractivity contribution in [3.63, 3.8) is 0 Å². The molecule has 2 unspecified atom stereocenters. The van der Waals surface area contributed by atoms with Crippen LogP contribution in [-0.2, 0) is 41.5 Å². The Morgan fingerprint density at radius 2 is 1.97 bits per heavy atom. The molecule has 2 aliphatic rings. The summed E-state index contributed by atoms with van der Waals surface area (Å²) in [6.07, 6.45) is 1.14. The highest BCUT2D eigenvalue weighted by Crippen LogP contribution is 2.35. The molecule has 1 fully saturated rings. The number of Topliss-reactive ketones (excluding diaryl/α,β-unsaturated/α-hetero) is 1. The Hall–Kier alpha value is -2.04. The van der Waals surface area contributed by atoms with Crippen molar-refractivity contribution in [2.24, 2.45) is 0 Å². The molecule has 32 heavy (non-hydrogen) atoms. The lowest BCUT2D eigenvalue weighted by Gasteiger charge is -2.35. The maximum absolute atomic E-state index is 12.9. The second-order valence-electron chi connectivity index (χ2n) is 8.06. The molecule has 0 saturated carbocycles. The fraction of sp³-hybridized carbons (Fsp3) is 0.652. The van der Waals surface area contributed by atoms with E-state index in [1.807, 2.05) is 19.2 Å². The van der Waals surface area contributed by atoms with Crippen molar-refractivity contribution in [2.45, 2.75) is 63.3 Å². The van der Waals surface area contributed by atoms with Gasteiger partial charge in [-0.15, -0.1) is 0 Å². The van der Waals surface area contributed by atoms with Crippen molar-refractivity contribution in [2.75, 3.05) is 34.7 Å². The number of ether oxygens (including phenoxy) is 6. The number of fused-ring (bicyclic) bond motifs is 1. The van der Waals surface area contributed by atoms with E-state index in [1.165, 1.54) is 0 Å². The molecule has 1 N–H and O–H groups in total. The molecular formula is C23H33NO8. The van der Waals surface area contributed by atoms with Gasteiger partial charge in [0.2, 0.25) is 6.79 Å². The van der Waals surface area contributed by atoms with Gasteiger partial charge in [0.15, 0.2) is 17.8 Å². The zero-order valence-electron chi connectivity index (χ0n) is 19.0. The highest BCUT2D eigenvalue weighted by atomic mass is 16.7. The second kappa shape index (κ2) is 12.3. The Kier molecular flexibility index (Phi) is 9.43. The fourth-order valence-corrected chi connectivity index (χ4v) is 4.10. The third-order valence-corrected chi connectivity index (χ3v) is 5.62. The van der Waals surface area contributed by atoms with E-state index in [0.717, 1.165) is 17.4 Å². The summed E-state index contributed by atoms with van der Waals surface area (Å²) in [6, 6.07) is 3.75. The van der Waals surface area contributed by atoms with Crippen LogP contribution in [0.1, 0.15) is 36.8 Å². The minimum atomic E-state index is -0.564. The average molecular weight is 452 g/mol. The summed E-state index contributed by atoms with van der Waals surface area (Å²) in [5.41, 5.74) is 1.84. The topological polar surface area (TPSA) is 102 Å². The summed E-state index contributed by atoms with van der Waals surface area (Å²) in [5, 5.41) is 3.11. The summed E-state index contributed by atoms with van der Waals surface area (Å²) in [4.78, 5) is 24.1. The quantitative estimate of drug-likeness (QED) is 0.450. The third-order valence-electron chi connectivity index (χ3n) is 5.62. The Bertz CT molecular complexity index is 771. The van der Waals surface area contributed by atoms with Crippen LogP contribution in [-0.4, -0.2) is 71.3 Å². The molecule has 4 atom stereocenters. The summed E-state index contributed by atoms with van der Waals surface area (Å²) in [5.74, 6) is 1.29. The molecule has 0 aliphatic carbocycles. The molecule has 9 heteroatoms. The maximum Gasteiger partial charge on any atom is 0.231 e. The van der Waals surface area contributed by atoms with Crippen LogP contribution in [0.4, 0.5) is 0 Å². The molecule has 9 nitrogen and oxygen atoms in total. The Labute approximate surface area is 188 Å². The van der Waals surface area contributed by atoms with Crippen LogP contribution < -0.4 is 14.8 Å². The van der Waals surface area contributed by atoms with Gasteiger partial charge in [-0.1, -0.05) is 0 Å². The molecule has 0 radical (unpaired) electrons. The van der Waals surface area contributed by atoms with Gasteiger partial charge in [0.25, 0.3) is 0 Å². The lowest BCUT2D eigenvalue weighted by Crippen LogP contribution is -2.42. The van der Waals surface area contributed by atoms with Gasteiger partial charge in [0, 0.05) is 52.9 Å². The number of hydrogen-bond donors (Lipinski definition) is 1. The van der Waals surface area contributed by atoms with Gasteiger partial charge >= 0.3 is 0 Å². The third kappa shape index (κ3) is 6.73. The van der Waals surface area contributed by atoms with Gasteiger partial charge in [-0.3, -0.25) is 4.79 Å².